The molecule has 0 saturated carbocycles. The number of nitrogens with zero attached hydrogens (tertiary/aromatic N) is 3. The minimum Gasteiger partial charge on any atom is -0.480 e. The summed E-state index contributed by atoms with van der Waals surface area (Å²) in [5, 5.41) is 20.6. The van der Waals surface area contributed by atoms with Crippen molar-refractivity contribution in [3.63, 3.8) is 0 Å². The zero-order valence-electron chi connectivity index (χ0n) is 11.8. The third-order valence-electron chi connectivity index (χ3n) is 3.62. The zero-order chi connectivity index (χ0) is 14.6. The number of carboxylic acids is 1. The van der Waals surface area contributed by atoms with Gasteiger partial charge in [0.2, 0.25) is 5.95 Å². The summed E-state index contributed by atoms with van der Waals surface area (Å²) in [5.41, 5.74) is 0.658. The van der Waals surface area contributed by atoms with Crippen LogP contribution in [-0.4, -0.2) is 45.0 Å². The van der Waals surface area contributed by atoms with E-state index in [-0.39, 0.29) is 5.95 Å². The van der Waals surface area contributed by atoms with Gasteiger partial charge >= 0.3 is 5.97 Å². The van der Waals surface area contributed by atoms with Crippen LogP contribution >= 0.6 is 0 Å². The minimum absolute atomic E-state index is 0.281. The molecule has 2 heterocycles. The largest absolute Gasteiger partial charge is 0.480 e. The molecule has 2 rings (SSSR count). The molecule has 20 heavy (non-hydrogen) atoms. The van der Waals surface area contributed by atoms with E-state index in [0.717, 1.165) is 24.2 Å². The molecule has 0 radical (unpaired) electrons. The predicted octanol–water partition coefficient (Wildman–Crippen LogP) is 1.04. The number of ether oxygens (including phenoxy) is 1. The number of anilines is 1. The molecule has 1 saturated heterocycles. The summed E-state index contributed by atoms with van der Waals surface area (Å²) in [5.74, 6) is -0.620. The van der Waals surface area contributed by atoms with Gasteiger partial charge in [-0.3, -0.25) is 0 Å². The molecular formula is C13H20N4O3. The highest BCUT2D eigenvalue weighted by Gasteiger charge is 2.41. The smallest absolute Gasteiger partial charge is 0.329 e. The number of hydrogen-bond acceptors (Lipinski definition) is 6. The number of hydrogen-bond donors (Lipinski definition) is 2. The first-order chi connectivity index (χ1) is 9.61. The van der Waals surface area contributed by atoms with E-state index in [1.54, 1.807) is 0 Å². The Morgan fingerprint density at radius 2 is 1.90 bits per heavy atom. The van der Waals surface area contributed by atoms with Crippen LogP contribution in [0, 0.1) is 0 Å². The third-order valence-corrected chi connectivity index (χ3v) is 3.62. The maximum absolute atomic E-state index is 11.6. The fourth-order valence-corrected chi connectivity index (χ4v) is 2.32. The van der Waals surface area contributed by atoms with Crippen LogP contribution in [0.4, 0.5) is 5.95 Å². The highest BCUT2D eigenvalue weighted by molar-refractivity contribution is 5.82. The average Bonchev–Trinajstić information content (AvgIpc) is 2.48. The molecule has 0 aliphatic carbocycles. The summed E-state index contributed by atoms with van der Waals surface area (Å²) in [7, 11) is 0. The van der Waals surface area contributed by atoms with Gasteiger partial charge in [-0.25, -0.2) is 9.78 Å². The molecule has 0 aromatic carbocycles. The molecule has 0 unspecified atom stereocenters. The van der Waals surface area contributed by atoms with Crippen molar-refractivity contribution in [2.24, 2.45) is 0 Å². The number of nitrogens with one attached hydrogen (secondary N) is 1. The van der Waals surface area contributed by atoms with Crippen LogP contribution in [0.2, 0.25) is 0 Å². The molecule has 1 fully saturated rings. The molecule has 1 aromatic heterocycles. The van der Waals surface area contributed by atoms with E-state index in [1.807, 2.05) is 13.8 Å². The number of carboxylic acid groups (broad SMARTS) is 1. The number of aryl methyl sites for hydroxylation is 2. The maximum atomic E-state index is 11.6. The van der Waals surface area contributed by atoms with Gasteiger partial charge in [-0.2, -0.15) is 5.10 Å². The van der Waals surface area contributed by atoms with Gasteiger partial charge in [0.15, 0.2) is 0 Å². The Labute approximate surface area is 117 Å². The van der Waals surface area contributed by atoms with Crippen molar-refractivity contribution in [2.75, 3.05) is 18.5 Å². The molecule has 0 bridgehead atoms. The first kappa shape index (κ1) is 14.6. The lowest BCUT2D eigenvalue weighted by molar-refractivity contribution is -0.145. The first-order valence-electron chi connectivity index (χ1n) is 6.93. The molecule has 7 nitrogen and oxygen atoms in total. The van der Waals surface area contributed by atoms with Gasteiger partial charge in [-0.15, -0.1) is 5.10 Å². The molecule has 110 valence electrons. The Bertz CT molecular complexity index is 487. The van der Waals surface area contributed by atoms with Gasteiger partial charge in [-0.05, 0) is 12.8 Å². The fraction of sp³-hybridized carbons (Fsp3) is 0.692. The van der Waals surface area contributed by atoms with Crippen LogP contribution in [0.5, 0.6) is 0 Å². The van der Waals surface area contributed by atoms with E-state index >= 15 is 0 Å². The predicted molar refractivity (Wildman–Crippen MR) is 72.6 cm³/mol. The highest BCUT2D eigenvalue weighted by Crippen LogP contribution is 2.25. The number of aromatic nitrogens is 3. The van der Waals surface area contributed by atoms with Gasteiger partial charge < -0.3 is 15.2 Å². The summed E-state index contributed by atoms with van der Waals surface area (Å²) in [4.78, 5) is 16.0. The van der Waals surface area contributed by atoms with Crippen LogP contribution in [0.15, 0.2) is 0 Å². The van der Waals surface area contributed by atoms with E-state index in [2.05, 4.69) is 20.5 Å². The fourth-order valence-electron chi connectivity index (χ4n) is 2.32. The molecular weight excluding hydrogens is 260 g/mol. The van der Waals surface area contributed by atoms with Crippen molar-refractivity contribution in [3.8, 4) is 0 Å². The molecule has 1 aliphatic heterocycles. The number of carbonyl (C=O) groups is 1. The maximum Gasteiger partial charge on any atom is 0.329 e. The van der Waals surface area contributed by atoms with Crippen LogP contribution in [0.1, 0.15) is 38.1 Å². The average molecular weight is 280 g/mol. The SMILES string of the molecule is CCc1nnc(NC2(C(=O)O)CCOCC2)nc1CC. The molecule has 1 aliphatic rings. The van der Waals surface area contributed by atoms with E-state index < -0.39 is 11.5 Å². The van der Waals surface area contributed by atoms with E-state index in [9.17, 15) is 9.90 Å². The molecule has 0 spiro atoms. The van der Waals surface area contributed by atoms with Crippen molar-refractivity contribution in [3.05, 3.63) is 11.4 Å². The summed E-state index contributed by atoms with van der Waals surface area (Å²) in [6.07, 6.45) is 2.29. The van der Waals surface area contributed by atoms with E-state index in [0.29, 0.717) is 26.1 Å². The highest BCUT2D eigenvalue weighted by atomic mass is 16.5. The van der Waals surface area contributed by atoms with E-state index in [1.165, 1.54) is 0 Å². The number of rotatable bonds is 5. The second-order valence-corrected chi connectivity index (χ2v) is 4.86. The van der Waals surface area contributed by atoms with Crippen LogP contribution in [-0.2, 0) is 22.4 Å². The van der Waals surface area contributed by atoms with Crippen LogP contribution < -0.4 is 5.32 Å². The standard InChI is InChI=1S/C13H20N4O3/c1-3-9-10(4-2)16-17-12(14-9)15-13(11(18)19)5-7-20-8-6-13/h3-8H2,1-2H3,(H,18,19)(H,14,15,17). The van der Waals surface area contributed by atoms with Crippen molar-refractivity contribution in [1.82, 2.24) is 15.2 Å². The normalized spacial score (nSPS) is 17.7. The minimum atomic E-state index is -1.06. The van der Waals surface area contributed by atoms with Gasteiger partial charge in [0.25, 0.3) is 0 Å². The third kappa shape index (κ3) is 2.87. The second kappa shape index (κ2) is 6.13. The summed E-state index contributed by atoms with van der Waals surface area (Å²) in [6, 6.07) is 0. The van der Waals surface area contributed by atoms with Crippen LogP contribution in [0.25, 0.3) is 0 Å². The molecule has 7 heteroatoms. The van der Waals surface area contributed by atoms with Crippen LogP contribution in [0.3, 0.4) is 0 Å². The monoisotopic (exact) mass is 280 g/mol. The lowest BCUT2D eigenvalue weighted by Gasteiger charge is -2.33. The Balaban J connectivity index is 2.25. The van der Waals surface area contributed by atoms with Gasteiger partial charge in [0.05, 0.1) is 11.4 Å². The lowest BCUT2D eigenvalue weighted by atomic mass is 9.90. The molecule has 2 N–H and O–H groups in total. The lowest BCUT2D eigenvalue weighted by Crippen LogP contribution is -2.51. The van der Waals surface area contributed by atoms with Crippen molar-refractivity contribution >= 4 is 11.9 Å². The Kier molecular flexibility index (Phi) is 4.49. The first-order valence-corrected chi connectivity index (χ1v) is 6.93. The topological polar surface area (TPSA) is 97.2 Å². The molecule has 0 atom stereocenters. The van der Waals surface area contributed by atoms with Gasteiger partial charge in [0, 0.05) is 26.1 Å². The van der Waals surface area contributed by atoms with Crippen molar-refractivity contribution in [2.45, 2.75) is 45.1 Å². The molecule has 0 amide bonds. The van der Waals surface area contributed by atoms with Gasteiger partial charge in [-0.1, -0.05) is 13.8 Å². The Hall–Kier alpha value is -1.76. The number of aliphatic carboxylic acids is 1. The van der Waals surface area contributed by atoms with Crippen molar-refractivity contribution < 1.29 is 14.6 Å². The molecule has 1 aromatic rings. The zero-order valence-corrected chi connectivity index (χ0v) is 11.8. The van der Waals surface area contributed by atoms with E-state index in [4.69, 9.17) is 4.74 Å². The van der Waals surface area contributed by atoms with Gasteiger partial charge in [0.1, 0.15) is 5.54 Å². The quantitative estimate of drug-likeness (QED) is 0.831. The second-order valence-electron chi connectivity index (χ2n) is 4.86. The van der Waals surface area contributed by atoms with Crippen molar-refractivity contribution in [1.29, 1.82) is 0 Å². The Morgan fingerprint density at radius 1 is 1.25 bits per heavy atom. The summed E-state index contributed by atoms with van der Waals surface area (Å²) in [6.45, 7) is 4.82. The Morgan fingerprint density at radius 3 is 2.45 bits per heavy atom. The summed E-state index contributed by atoms with van der Waals surface area (Å²) < 4.78 is 5.23. The summed E-state index contributed by atoms with van der Waals surface area (Å²) >= 11 is 0.